The highest BCUT2D eigenvalue weighted by Gasteiger charge is 2.26. The molecule has 0 aliphatic carbocycles. The van der Waals surface area contributed by atoms with Gasteiger partial charge in [0.15, 0.2) is 0 Å². The van der Waals surface area contributed by atoms with Crippen molar-refractivity contribution in [1.82, 2.24) is 9.03 Å². The summed E-state index contributed by atoms with van der Waals surface area (Å²) in [5.41, 5.74) is 0. The Labute approximate surface area is 102 Å². The second-order valence-corrected chi connectivity index (χ2v) is 5.51. The highest BCUT2D eigenvalue weighted by molar-refractivity contribution is 7.87. The summed E-state index contributed by atoms with van der Waals surface area (Å²) in [5.74, 6) is -1.30. The number of carboxylic acid groups (broad SMARTS) is 1. The molecule has 0 saturated carbocycles. The summed E-state index contributed by atoms with van der Waals surface area (Å²) in [6, 6.07) is -1.30. The van der Waals surface area contributed by atoms with E-state index in [2.05, 4.69) is 0 Å². The monoisotopic (exact) mass is 268 g/mol. The van der Waals surface area contributed by atoms with Crippen molar-refractivity contribution in [2.24, 2.45) is 0 Å². The molecule has 3 N–H and O–H groups in total. The van der Waals surface area contributed by atoms with Crippen LogP contribution in [0.15, 0.2) is 0 Å². The fourth-order valence-corrected chi connectivity index (χ4v) is 2.26. The van der Waals surface area contributed by atoms with E-state index in [1.807, 2.05) is 11.6 Å². The quantitative estimate of drug-likeness (QED) is 0.517. The smallest absolute Gasteiger partial charge is 0.321 e. The molecule has 0 saturated heterocycles. The molecule has 0 heterocycles. The standard InChI is InChI=1S/C9H20N2O5S/c1-3-4-6-11(2)17(15,16)10-8(5-7-12)9(13)14/h8,10,12H,3-7H2,1-2H3,(H,13,14). The third kappa shape index (κ3) is 5.97. The van der Waals surface area contributed by atoms with Crippen LogP contribution in [-0.4, -0.2) is 55.1 Å². The maximum Gasteiger partial charge on any atom is 0.321 e. The molecule has 0 aromatic heterocycles. The first kappa shape index (κ1) is 16.3. The van der Waals surface area contributed by atoms with Gasteiger partial charge in [-0.15, -0.1) is 0 Å². The summed E-state index contributed by atoms with van der Waals surface area (Å²) in [7, 11) is -2.42. The number of unbranched alkanes of at least 4 members (excludes halogenated alkanes) is 1. The Morgan fingerprint density at radius 2 is 2.06 bits per heavy atom. The van der Waals surface area contributed by atoms with Crippen molar-refractivity contribution in [2.75, 3.05) is 20.2 Å². The Balaban J connectivity index is 4.54. The van der Waals surface area contributed by atoms with E-state index in [0.29, 0.717) is 13.0 Å². The van der Waals surface area contributed by atoms with Crippen LogP contribution in [0, 0.1) is 0 Å². The third-order valence-electron chi connectivity index (χ3n) is 2.24. The highest BCUT2D eigenvalue weighted by Crippen LogP contribution is 2.01. The van der Waals surface area contributed by atoms with Crippen LogP contribution in [0.25, 0.3) is 0 Å². The van der Waals surface area contributed by atoms with Crippen molar-refractivity contribution >= 4 is 16.2 Å². The average molecular weight is 268 g/mol. The lowest BCUT2D eigenvalue weighted by Gasteiger charge is -2.20. The van der Waals surface area contributed by atoms with E-state index in [-0.39, 0.29) is 6.42 Å². The first-order valence-corrected chi connectivity index (χ1v) is 6.86. The lowest BCUT2D eigenvalue weighted by Crippen LogP contribution is -2.47. The van der Waals surface area contributed by atoms with Crippen LogP contribution in [-0.2, 0) is 15.0 Å². The first-order chi connectivity index (χ1) is 7.85. The molecule has 0 bridgehead atoms. The van der Waals surface area contributed by atoms with Gasteiger partial charge >= 0.3 is 5.97 Å². The summed E-state index contributed by atoms with van der Waals surface area (Å²) in [5, 5.41) is 17.4. The van der Waals surface area contributed by atoms with Crippen molar-refractivity contribution in [3.8, 4) is 0 Å². The maximum absolute atomic E-state index is 11.7. The van der Waals surface area contributed by atoms with Gasteiger partial charge in [0, 0.05) is 20.2 Å². The molecule has 0 aliphatic heterocycles. The number of nitrogens with zero attached hydrogens (tertiary/aromatic N) is 1. The molecule has 0 aromatic carbocycles. The Morgan fingerprint density at radius 3 is 2.47 bits per heavy atom. The number of nitrogens with one attached hydrogen (secondary N) is 1. The fraction of sp³-hybridized carbons (Fsp3) is 0.889. The van der Waals surface area contributed by atoms with Crippen molar-refractivity contribution in [2.45, 2.75) is 32.2 Å². The number of hydrogen-bond acceptors (Lipinski definition) is 4. The lowest BCUT2D eigenvalue weighted by atomic mass is 10.2. The molecular weight excluding hydrogens is 248 g/mol. The van der Waals surface area contributed by atoms with E-state index >= 15 is 0 Å². The lowest BCUT2D eigenvalue weighted by molar-refractivity contribution is -0.139. The molecule has 7 nitrogen and oxygen atoms in total. The molecule has 0 radical (unpaired) electrons. The van der Waals surface area contributed by atoms with Crippen molar-refractivity contribution < 1.29 is 23.4 Å². The molecule has 1 unspecified atom stereocenters. The molecule has 0 amide bonds. The number of aliphatic carboxylic acids is 1. The number of aliphatic hydroxyl groups excluding tert-OH is 1. The van der Waals surface area contributed by atoms with Crippen LogP contribution in [0.5, 0.6) is 0 Å². The SMILES string of the molecule is CCCCN(C)S(=O)(=O)NC(CCO)C(=O)O. The minimum Gasteiger partial charge on any atom is -0.480 e. The van der Waals surface area contributed by atoms with Crippen LogP contribution in [0.3, 0.4) is 0 Å². The van der Waals surface area contributed by atoms with E-state index in [0.717, 1.165) is 10.7 Å². The number of aliphatic hydroxyl groups is 1. The van der Waals surface area contributed by atoms with Gasteiger partial charge in [0.25, 0.3) is 10.2 Å². The van der Waals surface area contributed by atoms with Crippen molar-refractivity contribution in [3.05, 3.63) is 0 Å². The zero-order valence-electron chi connectivity index (χ0n) is 10.1. The normalized spacial score (nSPS) is 13.9. The van der Waals surface area contributed by atoms with E-state index < -0.39 is 28.8 Å². The second kappa shape index (κ2) is 7.59. The average Bonchev–Trinajstić information content (AvgIpc) is 2.24. The van der Waals surface area contributed by atoms with Gasteiger partial charge in [-0.2, -0.15) is 17.4 Å². The van der Waals surface area contributed by atoms with Crippen molar-refractivity contribution in [1.29, 1.82) is 0 Å². The van der Waals surface area contributed by atoms with Crippen LogP contribution >= 0.6 is 0 Å². The summed E-state index contributed by atoms with van der Waals surface area (Å²) in [4.78, 5) is 10.7. The van der Waals surface area contributed by atoms with Gasteiger partial charge in [-0.25, -0.2) is 0 Å². The number of rotatable bonds is 9. The van der Waals surface area contributed by atoms with Crippen LogP contribution in [0.2, 0.25) is 0 Å². The highest BCUT2D eigenvalue weighted by atomic mass is 32.2. The Bertz CT molecular complexity index is 330. The van der Waals surface area contributed by atoms with Gasteiger partial charge in [0.05, 0.1) is 0 Å². The molecule has 1 atom stereocenters. The van der Waals surface area contributed by atoms with E-state index in [1.54, 1.807) is 0 Å². The Kier molecular flexibility index (Phi) is 7.28. The van der Waals surface area contributed by atoms with Crippen LogP contribution < -0.4 is 4.72 Å². The van der Waals surface area contributed by atoms with Gasteiger partial charge in [-0.1, -0.05) is 13.3 Å². The first-order valence-electron chi connectivity index (χ1n) is 5.42. The van der Waals surface area contributed by atoms with Gasteiger partial charge in [-0.05, 0) is 12.8 Å². The van der Waals surface area contributed by atoms with Crippen LogP contribution in [0.1, 0.15) is 26.2 Å². The molecule has 17 heavy (non-hydrogen) atoms. The van der Waals surface area contributed by atoms with Crippen molar-refractivity contribution in [3.63, 3.8) is 0 Å². The topological polar surface area (TPSA) is 107 Å². The molecule has 0 rings (SSSR count). The number of hydrogen-bond donors (Lipinski definition) is 3. The number of carboxylic acids is 1. The largest absolute Gasteiger partial charge is 0.480 e. The van der Waals surface area contributed by atoms with Gasteiger partial charge in [0.1, 0.15) is 6.04 Å². The minimum absolute atomic E-state index is 0.157. The van der Waals surface area contributed by atoms with Gasteiger partial charge < -0.3 is 10.2 Å². The molecule has 8 heteroatoms. The number of carbonyl (C=O) groups is 1. The van der Waals surface area contributed by atoms with Gasteiger partial charge in [0.2, 0.25) is 0 Å². The summed E-state index contributed by atoms with van der Waals surface area (Å²) < 4.78 is 26.5. The third-order valence-corrected chi connectivity index (χ3v) is 3.83. The zero-order valence-corrected chi connectivity index (χ0v) is 10.9. The molecule has 0 spiro atoms. The Morgan fingerprint density at radius 1 is 1.47 bits per heavy atom. The van der Waals surface area contributed by atoms with E-state index in [9.17, 15) is 13.2 Å². The molecule has 0 fully saturated rings. The molecular formula is C9H20N2O5S. The predicted molar refractivity (Wildman–Crippen MR) is 62.7 cm³/mol. The zero-order chi connectivity index (χ0) is 13.5. The van der Waals surface area contributed by atoms with E-state index in [4.69, 9.17) is 10.2 Å². The summed E-state index contributed by atoms with van der Waals surface area (Å²) in [6.07, 6.45) is 1.39. The Hall–Kier alpha value is -0.700. The maximum atomic E-state index is 11.7. The minimum atomic E-state index is -3.81. The molecule has 0 aliphatic rings. The predicted octanol–water partition coefficient (Wildman–Crippen LogP) is -0.612. The second-order valence-electron chi connectivity index (χ2n) is 3.70. The molecule has 102 valence electrons. The van der Waals surface area contributed by atoms with Gasteiger partial charge in [-0.3, -0.25) is 4.79 Å². The fourth-order valence-electron chi connectivity index (χ4n) is 1.13. The van der Waals surface area contributed by atoms with Crippen LogP contribution in [0.4, 0.5) is 0 Å². The summed E-state index contributed by atoms with van der Waals surface area (Å²) in [6.45, 7) is 1.87. The molecule has 0 aromatic rings. The van der Waals surface area contributed by atoms with E-state index in [1.165, 1.54) is 7.05 Å². The summed E-state index contributed by atoms with van der Waals surface area (Å²) >= 11 is 0.